The highest BCUT2D eigenvalue weighted by Gasteiger charge is 2.19. The molecule has 0 aromatic carbocycles. The van der Waals surface area contributed by atoms with Gasteiger partial charge in [-0.2, -0.15) is 0 Å². The van der Waals surface area contributed by atoms with E-state index in [-0.39, 0.29) is 0 Å². The lowest BCUT2D eigenvalue weighted by Gasteiger charge is -2.25. The number of hydrogen-bond donors (Lipinski definition) is 2. The van der Waals surface area contributed by atoms with Gasteiger partial charge in [-0.15, -0.1) is 11.3 Å². The van der Waals surface area contributed by atoms with Gasteiger partial charge in [-0.05, 0) is 0 Å². The molecule has 0 spiro atoms. The molecule has 2 heterocycles. The van der Waals surface area contributed by atoms with Crippen molar-refractivity contribution in [2.75, 3.05) is 31.2 Å². The van der Waals surface area contributed by atoms with Crippen molar-refractivity contribution in [1.82, 2.24) is 4.98 Å². The summed E-state index contributed by atoms with van der Waals surface area (Å²) in [5, 5.41) is 18.7. The number of morpholine rings is 1. The fourth-order valence-corrected chi connectivity index (χ4v) is 2.14. The highest BCUT2D eigenvalue weighted by Crippen LogP contribution is 2.16. The Morgan fingerprint density at radius 1 is 1.43 bits per heavy atom. The molecular formula is C7H11BN2O3S. The molecule has 1 aromatic rings. The molecule has 1 saturated heterocycles. The summed E-state index contributed by atoms with van der Waals surface area (Å²) in [6, 6.07) is 0. The fourth-order valence-electron chi connectivity index (χ4n) is 1.30. The molecule has 0 unspecified atom stereocenters. The zero-order valence-electron chi connectivity index (χ0n) is 7.59. The van der Waals surface area contributed by atoms with Gasteiger partial charge < -0.3 is 19.7 Å². The van der Waals surface area contributed by atoms with Gasteiger partial charge in [0.05, 0.1) is 18.0 Å². The van der Waals surface area contributed by atoms with Crippen LogP contribution in [0.2, 0.25) is 0 Å². The molecule has 5 nitrogen and oxygen atoms in total. The van der Waals surface area contributed by atoms with Crippen LogP contribution in [0, 0.1) is 0 Å². The molecule has 0 bridgehead atoms. The fraction of sp³-hybridized carbons (Fsp3) is 0.571. The van der Waals surface area contributed by atoms with Crippen LogP contribution in [0.4, 0.5) is 5.13 Å². The predicted octanol–water partition coefficient (Wildman–Crippen LogP) is -1.34. The van der Waals surface area contributed by atoms with Crippen molar-refractivity contribution in [3.63, 3.8) is 0 Å². The first-order chi connectivity index (χ1) is 6.77. The first kappa shape index (κ1) is 9.91. The molecule has 0 radical (unpaired) electrons. The third kappa shape index (κ3) is 2.06. The van der Waals surface area contributed by atoms with Crippen LogP contribution in [0.25, 0.3) is 0 Å². The summed E-state index contributed by atoms with van der Waals surface area (Å²) in [4.78, 5) is 6.21. The number of anilines is 1. The van der Waals surface area contributed by atoms with Gasteiger partial charge in [-0.3, -0.25) is 0 Å². The maximum atomic E-state index is 8.92. The molecule has 0 aliphatic carbocycles. The Morgan fingerprint density at radius 2 is 2.14 bits per heavy atom. The topological polar surface area (TPSA) is 65.8 Å². The monoisotopic (exact) mass is 214 g/mol. The Labute approximate surface area is 86.1 Å². The second-order valence-electron chi connectivity index (χ2n) is 3.02. The molecule has 1 aliphatic heterocycles. The number of hydrogen-bond acceptors (Lipinski definition) is 6. The Kier molecular flexibility index (Phi) is 3.02. The summed E-state index contributed by atoms with van der Waals surface area (Å²) in [6.45, 7) is 3.04. The summed E-state index contributed by atoms with van der Waals surface area (Å²) in [5.41, 5.74) is 0. The Morgan fingerprint density at radius 3 is 2.71 bits per heavy atom. The lowest BCUT2D eigenvalue weighted by Crippen LogP contribution is -2.36. The summed E-state index contributed by atoms with van der Waals surface area (Å²) >= 11 is 1.31. The molecule has 2 N–H and O–H groups in total. The Bertz CT molecular complexity index is 301. The van der Waals surface area contributed by atoms with Crippen LogP contribution in [0.3, 0.4) is 0 Å². The van der Waals surface area contributed by atoms with Crippen LogP contribution >= 0.6 is 11.3 Å². The largest absolute Gasteiger partial charge is 0.500 e. The van der Waals surface area contributed by atoms with Gasteiger partial charge in [-0.1, -0.05) is 0 Å². The van der Waals surface area contributed by atoms with Crippen molar-refractivity contribution in [2.45, 2.75) is 0 Å². The van der Waals surface area contributed by atoms with E-state index in [2.05, 4.69) is 9.88 Å². The van der Waals surface area contributed by atoms with Crippen LogP contribution < -0.4 is 9.68 Å². The van der Waals surface area contributed by atoms with E-state index in [0.717, 1.165) is 18.2 Å². The van der Waals surface area contributed by atoms with Crippen LogP contribution in [0.1, 0.15) is 0 Å². The van der Waals surface area contributed by atoms with Crippen molar-refractivity contribution in [1.29, 1.82) is 0 Å². The van der Waals surface area contributed by atoms with Crippen molar-refractivity contribution in [3.05, 3.63) is 6.20 Å². The van der Waals surface area contributed by atoms with Crippen LogP contribution in [-0.4, -0.2) is 48.5 Å². The minimum absolute atomic E-state index is 0.478. The number of rotatable bonds is 2. The number of thiazole rings is 1. The minimum atomic E-state index is -1.41. The summed E-state index contributed by atoms with van der Waals surface area (Å²) < 4.78 is 5.69. The van der Waals surface area contributed by atoms with Crippen LogP contribution in [-0.2, 0) is 4.74 Å². The zero-order valence-corrected chi connectivity index (χ0v) is 8.40. The molecule has 14 heavy (non-hydrogen) atoms. The van der Waals surface area contributed by atoms with Crippen molar-refractivity contribution in [2.24, 2.45) is 0 Å². The summed E-state index contributed by atoms with van der Waals surface area (Å²) in [7, 11) is -1.41. The third-order valence-electron chi connectivity index (χ3n) is 2.05. The molecule has 0 atom stereocenters. The van der Waals surface area contributed by atoms with E-state index in [1.165, 1.54) is 17.5 Å². The van der Waals surface area contributed by atoms with Crippen molar-refractivity contribution >= 4 is 28.4 Å². The lowest BCUT2D eigenvalue weighted by molar-refractivity contribution is 0.122. The molecular weight excluding hydrogens is 203 g/mol. The number of nitrogens with zero attached hydrogens (tertiary/aromatic N) is 2. The number of ether oxygens (including phenoxy) is 1. The Hall–Kier alpha value is -0.625. The molecule has 76 valence electrons. The molecule has 1 aliphatic rings. The van der Waals surface area contributed by atoms with Gasteiger partial charge in [0, 0.05) is 19.3 Å². The molecule has 2 rings (SSSR count). The average molecular weight is 214 g/mol. The van der Waals surface area contributed by atoms with Gasteiger partial charge in [0.15, 0.2) is 5.13 Å². The number of aromatic nitrogens is 1. The Balaban J connectivity index is 2.07. The average Bonchev–Trinajstić information content (AvgIpc) is 2.68. The summed E-state index contributed by atoms with van der Waals surface area (Å²) in [6.07, 6.45) is 1.50. The van der Waals surface area contributed by atoms with Crippen molar-refractivity contribution in [3.8, 4) is 0 Å². The van der Waals surface area contributed by atoms with E-state index in [1.807, 2.05) is 0 Å². The SMILES string of the molecule is OB(O)c1cnc(N2CCOCC2)s1. The van der Waals surface area contributed by atoms with E-state index in [0.29, 0.717) is 18.0 Å². The molecule has 1 fully saturated rings. The van der Waals surface area contributed by atoms with Crippen LogP contribution in [0.15, 0.2) is 6.20 Å². The van der Waals surface area contributed by atoms with Crippen LogP contribution in [0.5, 0.6) is 0 Å². The maximum Gasteiger partial charge on any atom is 0.500 e. The van der Waals surface area contributed by atoms with Gasteiger partial charge in [0.25, 0.3) is 0 Å². The smallest absolute Gasteiger partial charge is 0.423 e. The first-order valence-electron chi connectivity index (χ1n) is 4.42. The lowest BCUT2D eigenvalue weighted by atomic mass is 9.91. The second-order valence-corrected chi connectivity index (χ2v) is 4.06. The van der Waals surface area contributed by atoms with Gasteiger partial charge in [-0.25, -0.2) is 4.98 Å². The standard InChI is InChI=1S/C7H11BN2O3S/c11-8(12)6-5-9-7(14-6)10-1-3-13-4-2-10/h5,11-12H,1-4H2. The van der Waals surface area contributed by atoms with E-state index >= 15 is 0 Å². The van der Waals surface area contributed by atoms with E-state index in [1.54, 1.807) is 0 Å². The zero-order chi connectivity index (χ0) is 9.97. The highest BCUT2D eigenvalue weighted by molar-refractivity contribution is 7.24. The molecule has 7 heteroatoms. The minimum Gasteiger partial charge on any atom is -0.423 e. The highest BCUT2D eigenvalue weighted by atomic mass is 32.1. The summed E-state index contributed by atoms with van der Waals surface area (Å²) in [5.74, 6) is 0. The normalized spacial score (nSPS) is 17.1. The third-order valence-corrected chi connectivity index (χ3v) is 3.15. The van der Waals surface area contributed by atoms with Crippen molar-refractivity contribution < 1.29 is 14.8 Å². The predicted molar refractivity (Wildman–Crippen MR) is 55.0 cm³/mol. The second kappa shape index (κ2) is 4.27. The van der Waals surface area contributed by atoms with Gasteiger partial charge >= 0.3 is 7.12 Å². The maximum absolute atomic E-state index is 8.92. The molecule has 1 aromatic heterocycles. The van der Waals surface area contributed by atoms with E-state index in [4.69, 9.17) is 14.8 Å². The quantitative estimate of drug-likeness (QED) is 0.596. The van der Waals surface area contributed by atoms with Gasteiger partial charge in [0.2, 0.25) is 0 Å². The van der Waals surface area contributed by atoms with E-state index < -0.39 is 7.12 Å². The first-order valence-corrected chi connectivity index (χ1v) is 5.23. The van der Waals surface area contributed by atoms with Gasteiger partial charge in [0.1, 0.15) is 0 Å². The molecule has 0 saturated carbocycles. The molecule has 0 amide bonds. The van der Waals surface area contributed by atoms with E-state index in [9.17, 15) is 0 Å².